The Morgan fingerprint density at radius 2 is 1.97 bits per heavy atom. The van der Waals surface area contributed by atoms with Gasteiger partial charge in [0.05, 0.1) is 19.3 Å². The Labute approximate surface area is 172 Å². The average Bonchev–Trinajstić information content (AvgIpc) is 3.29. The number of fused-ring (bicyclic) bond motifs is 1. The van der Waals surface area contributed by atoms with Crippen molar-refractivity contribution in [2.24, 2.45) is 0 Å². The van der Waals surface area contributed by atoms with Crippen LogP contribution < -0.4 is 10.2 Å². The quantitative estimate of drug-likeness (QED) is 0.649. The van der Waals surface area contributed by atoms with Crippen LogP contribution in [0.5, 0.6) is 0 Å². The lowest BCUT2D eigenvalue weighted by molar-refractivity contribution is -0.119. The van der Waals surface area contributed by atoms with Crippen LogP contribution in [-0.2, 0) is 9.53 Å². The third-order valence-corrected chi connectivity index (χ3v) is 4.92. The van der Waals surface area contributed by atoms with E-state index in [0.29, 0.717) is 29.3 Å². The molecule has 1 aromatic carbocycles. The number of carbonyl (C=O) groups excluding carboxylic acids is 3. The summed E-state index contributed by atoms with van der Waals surface area (Å²) in [6.45, 7) is 5.78. The molecular weight excluding hydrogens is 386 g/mol. The summed E-state index contributed by atoms with van der Waals surface area (Å²) >= 11 is 0. The maximum atomic E-state index is 13.0. The fraction of sp³-hybridized carbons (Fsp3) is 0.286. The molecule has 0 bridgehead atoms. The van der Waals surface area contributed by atoms with E-state index in [1.54, 1.807) is 28.7 Å². The minimum Gasteiger partial charge on any atom is -0.442 e. The monoisotopic (exact) mass is 407 g/mol. The van der Waals surface area contributed by atoms with Gasteiger partial charge in [0.25, 0.3) is 0 Å². The summed E-state index contributed by atoms with van der Waals surface area (Å²) in [7, 11) is 0. The number of nitrogens with zero attached hydrogens (tertiary/aromatic N) is 4. The van der Waals surface area contributed by atoms with Gasteiger partial charge in [-0.2, -0.15) is 0 Å². The number of cyclic esters (lactones) is 1. The highest BCUT2D eigenvalue weighted by atomic mass is 16.6. The van der Waals surface area contributed by atoms with E-state index < -0.39 is 12.2 Å². The molecule has 1 aliphatic heterocycles. The van der Waals surface area contributed by atoms with E-state index in [2.05, 4.69) is 15.3 Å². The molecule has 0 radical (unpaired) electrons. The third-order valence-electron chi connectivity index (χ3n) is 4.92. The number of carbonyl (C=O) groups is 3. The van der Waals surface area contributed by atoms with Crippen molar-refractivity contribution in [3.05, 3.63) is 59.2 Å². The highest BCUT2D eigenvalue weighted by molar-refractivity contribution is 6.08. The van der Waals surface area contributed by atoms with Crippen LogP contribution >= 0.6 is 0 Å². The van der Waals surface area contributed by atoms with Crippen LogP contribution in [0.1, 0.15) is 34.4 Å². The van der Waals surface area contributed by atoms with Crippen LogP contribution in [0.2, 0.25) is 0 Å². The van der Waals surface area contributed by atoms with Crippen LogP contribution in [-0.4, -0.2) is 51.3 Å². The highest BCUT2D eigenvalue weighted by Gasteiger charge is 2.32. The topological polar surface area (TPSA) is 106 Å². The predicted octanol–water partition coefficient (Wildman–Crippen LogP) is 2.04. The fourth-order valence-corrected chi connectivity index (χ4v) is 3.52. The maximum absolute atomic E-state index is 13.0. The van der Waals surface area contributed by atoms with Crippen molar-refractivity contribution in [3.8, 4) is 0 Å². The molecule has 30 heavy (non-hydrogen) atoms. The Hall–Kier alpha value is -3.75. The highest BCUT2D eigenvalue weighted by Crippen LogP contribution is 2.23. The second-order valence-electron chi connectivity index (χ2n) is 7.25. The molecule has 1 fully saturated rings. The summed E-state index contributed by atoms with van der Waals surface area (Å²) in [6, 6.07) is 8.64. The number of aromatic nitrogens is 3. The molecule has 1 atom stereocenters. The van der Waals surface area contributed by atoms with Crippen molar-refractivity contribution in [1.29, 1.82) is 0 Å². The van der Waals surface area contributed by atoms with Crippen LogP contribution in [0.4, 0.5) is 10.5 Å². The lowest BCUT2D eigenvalue weighted by Crippen LogP contribution is -2.33. The number of ether oxygens (including phenoxy) is 1. The molecule has 0 aliphatic carbocycles. The predicted molar refractivity (Wildman–Crippen MR) is 109 cm³/mol. The number of ketones is 1. The summed E-state index contributed by atoms with van der Waals surface area (Å²) in [5.41, 5.74) is 3.23. The number of amides is 2. The number of nitrogens with one attached hydrogen (secondary N) is 1. The van der Waals surface area contributed by atoms with Gasteiger partial charge in [0.15, 0.2) is 0 Å². The summed E-state index contributed by atoms with van der Waals surface area (Å²) in [5.74, 6) is 0.119. The van der Waals surface area contributed by atoms with Crippen molar-refractivity contribution >= 4 is 29.2 Å². The van der Waals surface area contributed by atoms with Gasteiger partial charge < -0.3 is 10.1 Å². The Morgan fingerprint density at radius 1 is 1.23 bits per heavy atom. The lowest BCUT2D eigenvalue weighted by Gasteiger charge is -2.13. The van der Waals surface area contributed by atoms with Crippen molar-refractivity contribution in [1.82, 2.24) is 19.7 Å². The molecule has 4 rings (SSSR count). The first kappa shape index (κ1) is 19.6. The minimum atomic E-state index is -0.483. The van der Waals surface area contributed by atoms with E-state index in [-0.39, 0.29) is 18.2 Å². The smallest absolute Gasteiger partial charge is 0.414 e. The fourth-order valence-electron chi connectivity index (χ4n) is 3.52. The van der Waals surface area contributed by atoms with Gasteiger partial charge in [-0.15, -0.1) is 0 Å². The van der Waals surface area contributed by atoms with Crippen LogP contribution in [0.15, 0.2) is 36.5 Å². The molecule has 1 aliphatic rings. The first-order valence-corrected chi connectivity index (χ1v) is 9.52. The molecule has 0 saturated carbocycles. The Morgan fingerprint density at radius 3 is 2.67 bits per heavy atom. The molecule has 2 amide bonds. The third kappa shape index (κ3) is 3.61. The first-order chi connectivity index (χ1) is 14.3. The van der Waals surface area contributed by atoms with Gasteiger partial charge in [0.2, 0.25) is 17.5 Å². The Kier molecular flexibility index (Phi) is 4.94. The summed E-state index contributed by atoms with van der Waals surface area (Å²) in [5, 5.41) is 2.64. The van der Waals surface area contributed by atoms with Gasteiger partial charge in [0, 0.05) is 29.6 Å². The standard InChI is InChI=1S/C21H21N5O4/c1-12-8-13(2)26-18(10-23-20(26)24-12)19(28)15-4-6-16(7-5-15)25-11-17(30-21(25)29)9-22-14(3)27/h4-8,10,17H,9,11H2,1-3H3,(H,22,27)/t17-/m0/s1. The number of rotatable bonds is 5. The van der Waals surface area contributed by atoms with E-state index in [9.17, 15) is 14.4 Å². The van der Waals surface area contributed by atoms with Crippen LogP contribution in [0, 0.1) is 13.8 Å². The number of aryl methyl sites for hydroxylation is 2. The largest absolute Gasteiger partial charge is 0.442 e. The summed E-state index contributed by atoms with van der Waals surface area (Å²) in [4.78, 5) is 46.3. The number of benzene rings is 1. The molecule has 2 aromatic heterocycles. The molecule has 9 nitrogen and oxygen atoms in total. The minimum absolute atomic E-state index is 0.180. The van der Waals surface area contributed by atoms with Crippen molar-refractivity contribution in [3.63, 3.8) is 0 Å². The van der Waals surface area contributed by atoms with E-state index in [0.717, 1.165) is 11.4 Å². The van der Waals surface area contributed by atoms with E-state index >= 15 is 0 Å². The van der Waals surface area contributed by atoms with Crippen LogP contribution in [0.25, 0.3) is 5.78 Å². The van der Waals surface area contributed by atoms with Crippen molar-refractivity contribution in [2.75, 3.05) is 18.0 Å². The molecule has 1 saturated heterocycles. The maximum Gasteiger partial charge on any atom is 0.414 e. The zero-order valence-electron chi connectivity index (χ0n) is 16.9. The van der Waals surface area contributed by atoms with Crippen LogP contribution in [0.3, 0.4) is 0 Å². The zero-order chi connectivity index (χ0) is 21.4. The van der Waals surface area contributed by atoms with Gasteiger partial charge in [-0.25, -0.2) is 14.8 Å². The summed E-state index contributed by atoms with van der Waals surface area (Å²) < 4.78 is 7.00. The van der Waals surface area contributed by atoms with Gasteiger partial charge in [0.1, 0.15) is 11.8 Å². The zero-order valence-corrected chi connectivity index (χ0v) is 16.9. The van der Waals surface area contributed by atoms with Crippen molar-refractivity contribution < 1.29 is 19.1 Å². The molecule has 154 valence electrons. The van der Waals surface area contributed by atoms with Gasteiger partial charge in [-0.05, 0) is 44.2 Å². The van der Waals surface area contributed by atoms with Crippen molar-refractivity contribution in [2.45, 2.75) is 26.9 Å². The SMILES string of the molecule is CC(=O)NC[C@H]1CN(c2ccc(C(=O)c3cnc4nc(C)cc(C)n34)cc2)C(=O)O1. The number of hydrogen-bond acceptors (Lipinski definition) is 6. The second kappa shape index (κ2) is 7.58. The van der Waals surface area contributed by atoms with E-state index in [4.69, 9.17) is 4.74 Å². The number of anilines is 1. The number of imidazole rings is 1. The summed E-state index contributed by atoms with van der Waals surface area (Å²) in [6.07, 6.45) is 0.623. The molecule has 3 heterocycles. The normalized spacial score (nSPS) is 16.0. The Bertz CT molecular complexity index is 1150. The van der Waals surface area contributed by atoms with Gasteiger partial charge in [-0.3, -0.25) is 18.9 Å². The lowest BCUT2D eigenvalue weighted by atomic mass is 10.1. The molecule has 0 spiro atoms. The van der Waals surface area contributed by atoms with Gasteiger partial charge in [-0.1, -0.05) is 0 Å². The molecule has 0 unspecified atom stereocenters. The number of hydrogen-bond donors (Lipinski definition) is 1. The van der Waals surface area contributed by atoms with E-state index in [1.807, 2.05) is 19.9 Å². The second-order valence-corrected chi connectivity index (χ2v) is 7.25. The molecule has 1 N–H and O–H groups in total. The first-order valence-electron chi connectivity index (χ1n) is 9.52. The molecular formula is C21H21N5O4. The average molecular weight is 407 g/mol. The van der Waals surface area contributed by atoms with E-state index in [1.165, 1.54) is 18.0 Å². The Balaban J connectivity index is 1.54. The van der Waals surface area contributed by atoms with Gasteiger partial charge >= 0.3 is 6.09 Å². The molecule has 9 heteroatoms. The molecule has 3 aromatic rings.